The first-order valence-corrected chi connectivity index (χ1v) is 9.56. The fourth-order valence-corrected chi connectivity index (χ4v) is 4.44. The van der Waals surface area contributed by atoms with Crippen molar-refractivity contribution in [1.29, 1.82) is 0 Å². The molecular weight excluding hydrogens is 336 g/mol. The summed E-state index contributed by atoms with van der Waals surface area (Å²) in [6, 6.07) is 3.73. The van der Waals surface area contributed by atoms with Crippen molar-refractivity contribution >= 4 is 17.2 Å². The van der Waals surface area contributed by atoms with Crippen molar-refractivity contribution in [2.45, 2.75) is 37.5 Å². The van der Waals surface area contributed by atoms with Gasteiger partial charge >= 0.3 is 0 Å². The van der Waals surface area contributed by atoms with Gasteiger partial charge in [0.05, 0.1) is 17.7 Å². The molecule has 2 aliphatic rings. The predicted octanol–water partition coefficient (Wildman–Crippen LogP) is 2.09. The maximum atomic E-state index is 12.4. The summed E-state index contributed by atoms with van der Waals surface area (Å²) >= 11 is 1.69. The van der Waals surface area contributed by atoms with Gasteiger partial charge in [-0.25, -0.2) is 4.98 Å². The Morgan fingerprint density at radius 3 is 3.24 bits per heavy atom. The molecule has 2 atom stereocenters. The minimum absolute atomic E-state index is 0.0483. The Morgan fingerprint density at radius 1 is 1.48 bits per heavy atom. The second-order valence-corrected chi connectivity index (χ2v) is 7.80. The minimum atomic E-state index is -0.137. The predicted molar refractivity (Wildman–Crippen MR) is 95.4 cm³/mol. The third kappa shape index (κ3) is 3.89. The van der Waals surface area contributed by atoms with Crippen LogP contribution in [0.2, 0.25) is 0 Å². The number of ether oxygens (including phenoxy) is 1. The lowest BCUT2D eigenvalue weighted by Gasteiger charge is -2.38. The summed E-state index contributed by atoms with van der Waals surface area (Å²) in [4.78, 5) is 23.2. The molecule has 25 heavy (non-hydrogen) atoms. The van der Waals surface area contributed by atoms with Crippen LogP contribution in [0.15, 0.2) is 36.1 Å². The topological polar surface area (TPSA) is 67.3 Å². The average Bonchev–Trinajstić information content (AvgIpc) is 3.27. The Morgan fingerprint density at radius 2 is 2.44 bits per heavy atom. The first-order valence-electron chi connectivity index (χ1n) is 8.68. The summed E-state index contributed by atoms with van der Waals surface area (Å²) in [6.45, 7) is 3.51. The number of nitrogens with one attached hydrogen (secondary N) is 1. The highest BCUT2D eigenvalue weighted by molar-refractivity contribution is 7.09. The van der Waals surface area contributed by atoms with Crippen molar-refractivity contribution in [3.05, 3.63) is 46.7 Å². The molecule has 6 nitrogen and oxygen atoms in total. The molecule has 1 N–H and O–H groups in total. The zero-order valence-corrected chi connectivity index (χ0v) is 14.9. The van der Waals surface area contributed by atoms with Gasteiger partial charge in [-0.1, -0.05) is 0 Å². The summed E-state index contributed by atoms with van der Waals surface area (Å²) < 4.78 is 6.17. The molecule has 1 amide bonds. The summed E-state index contributed by atoms with van der Waals surface area (Å²) in [5, 5.41) is 6.32. The smallest absolute Gasteiger partial charge is 0.253 e. The van der Waals surface area contributed by atoms with Gasteiger partial charge in [-0.05, 0) is 31.4 Å². The number of thiazole rings is 1. The Labute approximate surface area is 151 Å². The molecule has 2 aromatic heterocycles. The van der Waals surface area contributed by atoms with Crippen LogP contribution in [0.25, 0.3) is 0 Å². The van der Waals surface area contributed by atoms with Crippen LogP contribution in [-0.2, 0) is 11.3 Å². The van der Waals surface area contributed by atoms with Crippen molar-refractivity contribution in [2.75, 3.05) is 19.7 Å². The number of carbonyl (C=O) groups is 1. The van der Waals surface area contributed by atoms with Crippen LogP contribution in [0.5, 0.6) is 0 Å². The first-order chi connectivity index (χ1) is 12.2. The molecular formula is C18H22N4O2S. The van der Waals surface area contributed by atoms with Crippen LogP contribution in [-0.4, -0.2) is 52.1 Å². The molecule has 4 heterocycles. The largest absolute Gasteiger partial charge is 0.373 e. The van der Waals surface area contributed by atoms with Crippen LogP contribution >= 0.6 is 11.3 Å². The number of likely N-dealkylation sites (tertiary alicyclic amines) is 1. The van der Waals surface area contributed by atoms with Crippen LogP contribution < -0.4 is 5.32 Å². The zero-order valence-electron chi connectivity index (χ0n) is 14.1. The second-order valence-electron chi connectivity index (χ2n) is 6.82. The molecule has 0 unspecified atom stereocenters. The molecule has 2 saturated heterocycles. The van der Waals surface area contributed by atoms with Crippen LogP contribution in [0.3, 0.4) is 0 Å². The van der Waals surface area contributed by atoms with Gasteiger partial charge in [0.25, 0.3) is 5.91 Å². The van der Waals surface area contributed by atoms with Gasteiger partial charge in [-0.3, -0.25) is 14.7 Å². The third-order valence-electron chi connectivity index (χ3n) is 4.99. The molecule has 2 fully saturated rings. The quantitative estimate of drug-likeness (QED) is 0.906. The van der Waals surface area contributed by atoms with E-state index in [1.54, 1.807) is 35.9 Å². The van der Waals surface area contributed by atoms with E-state index < -0.39 is 0 Å². The van der Waals surface area contributed by atoms with E-state index >= 15 is 0 Å². The highest BCUT2D eigenvalue weighted by Gasteiger charge is 2.43. The van der Waals surface area contributed by atoms with Gasteiger partial charge in [0, 0.05) is 49.7 Å². The number of aromatic nitrogens is 2. The van der Waals surface area contributed by atoms with Crippen molar-refractivity contribution in [2.24, 2.45) is 0 Å². The van der Waals surface area contributed by atoms with E-state index in [0.717, 1.165) is 43.9 Å². The van der Waals surface area contributed by atoms with E-state index in [-0.39, 0.29) is 17.6 Å². The number of carbonyl (C=O) groups excluding carboxylic acids is 1. The number of pyridine rings is 1. The van der Waals surface area contributed by atoms with Crippen molar-refractivity contribution in [3.63, 3.8) is 0 Å². The van der Waals surface area contributed by atoms with Gasteiger partial charge in [0.2, 0.25) is 0 Å². The Hall–Kier alpha value is -1.83. The van der Waals surface area contributed by atoms with Crippen LogP contribution in [0, 0.1) is 0 Å². The summed E-state index contributed by atoms with van der Waals surface area (Å²) in [5.41, 5.74) is 0.474. The number of hydrogen-bond donors (Lipinski definition) is 1. The van der Waals surface area contributed by atoms with Crippen molar-refractivity contribution in [1.82, 2.24) is 20.2 Å². The van der Waals surface area contributed by atoms with Gasteiger partial charge in [0.1, 0.15) is 5.01 Å². The minimum Gasteiger partial charge on any atom is -0.373 e. The third-order valence-corrected chi connectivity index (χ3v) is 5.75. The van der Waals surface area contributed by atoms with E-state index in [4.69, 9.17) is 4.74 Å². The fourth-order valence-electron chi connectivity index (χ4n) is 3.79. The second kappa shape index (κ2) is 7.19. The fraction of sp³-hybridized carbons (Fsp3) is 0.500. The van der Waals surface area contributed by atoms with Crippen molar-refractivity contribution in [3.8, 4) is 0 Å². The summed E-state index contributed by atoms with van der Waals surface area (Å²) in [7, 11) is 0. The molecule has 2 aromatic rings. The van der Waals surface area contributed by atoms with Crippen LogP contribution in [0.4, 0.5) is 0 Å². The van der Waals surface area contributed by atoms with E-state index in [1.807, 2.05) is 11.6 Å². The highest BCUT2D eigenvalue weighted by Crippen LogP contribution is 2.35. The number of hydrogen-bond acceptors (Lipinski definition) is 6. The van der Waals surface area contributed by atoms with Gasteiger partial charge in [-0.2, -0.15) is 0 Å². The van der Waals surface area contributed by atoms with E-state index in [1.165, 1.54) is 0 Å². The number of nitrogens with zero attached hydrogens (tertiary/aromatic N) is 3. The molecule has 0 aliphatic carbocycles. The maximum Gasteiger partial charge on any atom is 0.253 e. The maximum absolute atomic E-state index is 12.4. The number of rotatable bonds is 4. The van der Waals surface area contributed by atoms with Gasteiger partial charge in [-0.15, -0.1) is 11.3 Å². The van der Waals surface area contributed by atoms with Gasteiger partial charge < -0.3 is 10.1 Å². The Balaban J connectivity index is 1.35. The van der Waals surface area contributed by atoms with E-state index in [2.05, 4.69) is 20.2 Å². The Kier molecular flexibility index (Phi) is 4.78. The average molecular weight is 358 g/mol. The molecule has 1 spiro atoms. The zero-order chi connectivity index (χ0) is 17.1. The van der Waals surface area contributed by atoms with E-state index in [0.29, 0.717) is 12.2 Å². The molecule has 0 saturated carbocycles. The summed E-state index contributed by atoms with van der Waals surface area (Å²) in [5.74, 6) is -0.0483. The normalized spacial score (nSPS) is 26.8. The summed E-state index contributed by atoms with van der Waals surface area (Å²) in [6.07, 6.45) is 7.88. The molecule has 4 rings (SSSR count). The lowest BCUT2D eigenvalue weighted by molar-refractivity contribution is -0.0793. The molecule has 0 bridgehead atoms. The molecule has 132 valence electrons. The lowest BCUT2D eigenvalue weighted by Crippen LogP contribution is -2.49. The first kappa shape index (κ1) is 16.6. The van der Waals surface area contributed by atoms with Gasteiger partial charge in [0.15, 0.2) is 0 Å². The monoisotopic (exact) mass is 358 g/mol. The standard InChI is InChI=1S/C18H22N4O2S/c23-17(14-2-1-5-19-11-14)21-15-3-8-24-18(10-15)4-7-22(13-18)12-16-20-6-9-25-16/h1-2,5-6,9,11,15H,3-4,7-8,10,12-13H2,(H,21,23)/t15-,18+/m0/s1. The molecule has 2 aliphatic heterocycles. The SMILES string of the molecule is O=C(N[C@H]1CCO[C@]2(CCN(Cc3nccs3)C2)C1)c1cccnc1. The molecule has 7 heteroatoms. The highest BCUT2D eigenvalue weighted by atomic mass is 32.1. The number of amides is 1. The van der Waals surface area contributed by atoms with Crippen LogP contribution in [0.1, 0.15) is 34.6 Å². The van der Waals surface area contributed by atoms with E-state index in [9.17, 15) is 4.79 Å². The lowest BCUT2D eigenvalue weighted by atomic mass is 9.89. The van der Waals surface area contributed by atoms with Crippen molar-refractivity contribution < 1.29 is 9.53 Å². The Bertz CT molecular complexity index is 709. The molecule has 0 aromatic carbocycles. The molecule has 0 radical (unpaired) electrons.